The Morgan fingerprint density at radius 2 is 1.25 bits per heavy atom. The number of nitrogens with one attached hydrogen (secondary N) is 1. The van der Waals surface area contributed by atoms with Gasteiger partial charge in [-0.3, -0.25) is 9.59 Å². The monoisotopic (exact) mass is 875 g/mol. The van der Waals surface area contributed by atoms with Crippen LogP contribution < -0.4 is 5.32 Å². The highest BCUT2D eigenvalue weighted by molar-refractivity contribution is 5.87. The Balaban J connectivity index is 1.19. The zero-order valence-corrected chi connectivity index (χ0v) is 34.8. The van der Waals surface area contributed by atoms with Crippen molar-refractivity contribution in [2.24, 2.45) is 28.1 Å². The average Bonchev–Trinajstić information content (AvgIpc) is 3.42. The van der Waals surface area contributed by atoms with Crippen LogP contribution in [0, 0.1) is 28.1 Å². The van der Waals surface area contributed by atoms with E-state index in [-0.39, 0.29) is 28.6 Å². The van der Waals surface area contributed by atoms with E-state index < -0.39 is 135 Å². The van der Waals surface area contributed by atoms with Crippen LogP contribution in [0.5, 0.6) is 0 Å². The number of aliphatic hydroxyl groups is 10. The van der Waals surface area contributed by atoms with E-state index in [2.05, 4.69) is 18.8 Å². The average molecular weight is 876 g/mol. The fourth-order valence-electron chi connectivity index (χ4n) is 12.5. The molecule has 0 radical (unpaired) electrons. The number of carboxylic acid groups (broad SMARTS) is 1. The molecule has 22 atom stereocenters. The van der Waals surface area contributed by atoms with E-state index in [0.717, 1.165) is 24.8 Å². The third-order valence-corrected chi connectivity index (χ3v) is 15.8. The third kappa shape index (κ3) is 7.89. The Bertz CT molecular complexity index is 1620. The summed E-state index contributed by atoms with van der Waals surface area (Å²) in [4.78, 5) is 25.5. The topological polar surface area (TPSA) is 324 Å². The second kappa shape index (κ2) is 17.4. The Kier molecular flexibility index (Phi) is 13.4. The van der Waals surface area contributed by atoms with E-state index in [4.69, 9.17) is 28.4 Å². The summed E-state index contributed by atoms with van der Waals surface area (Å²) in [6.45, 7) is 7.79. The van der Waals surface area contributed by atoms with Gasteiger partial charge in [-0.2, -0.15) is 0 Å². The van der Waals surface area contributed by atoms with Gasteiger partial charge in [0.05, 0.1) is 25.4 Å². The Hall–Kier alpha value is -1.96. The van der Waals surface area contributed by atoms with Crippen molar-refractivity contribution in [2.45, 2.75) is 182 Å². The number of hydrogen-bond donors (Lipinski definition) is 12. The molecule has 1 amide bonds. The molecule has 7 aliphatic rings. The number of carbonyl (C=O) groups is 2. The molecule has 20 nitrogen and oxygen atoms in total. The largest absolute Gasteiger partial charge is 0.480 e. The molecule has 2 bridgehead atoms. The highest BCUT2D eigenvalue weighted by atomic mass is 16.8. The summed E-state index contributed by atoms with van der Waals surface area (Å²) in [7, 11) is 0. The number of fused-ring (bicyclic) bond motifs is 3. The van der Waals surface area contributed by atoms with Gasteiger partial charge in [0, 0.05) is 5.41 Å². The van der Waals surface area contributed by atoms with Crippen molar-refractivity contribution in [3.63, 3.8) is 0 Å². The summed E-state index contributed by atoms with van der Waals surface area (Å²) in [5.41, 5.74) is -1.74. The van der Waals surface area contributed by atoms with Crippen LogP contribution in [0.4, 0.5) is 0 Å². The van der Waals surface area contributed by atoms with Crippen molar-refractivity contribution in [1.29, 1.82) is 0 Å². The van der Waals surface area contributed by atoms with Gasteiger partial charge in [-0.1, -0.05) is 26.8 Å². The molecule has 0 aromatic heterocycles. The van der Waals surface area contributed by atoms with Gasteiger partial charge in [0.1, 0.15) is 79.3 Å². The fraction of sp³-hybridized carbons (Fsp3) is 0.902. The molecule has 7 rings (SSSR count). The highest BCUT2D eigenvalue weighted by Gasteiger charge is 2.69. The molecule has 3 saturated heterocycles. The zero-order chi connectivity index (χ0) is 44.6. The molecule has 3 heterocycles. The normalized spacial score (nSPS) is 51.6. The first-order chi connectivity index (χ1) is 28.7. The van der Waals surface area contributed by atoms with E-state index in [1.54, 1.807) is 0 Å². The third-order valence-electron chi connectivity index (χ3n) is 15.8. The molecule has 7 fully saturated rings. The van der Waals surface area contributed by atoms with Crippen LogP contribution in [0.1, 0.15) is 78.6 Å². The van der Waals surface area contributed by atoms with Crippen LogP contribution in [-0.2, 0) is 38.0 Å². The molecule has 0 unspecified atom stereocenters. The minimum absolute atomic E-state index is 0.0298. The van der Waals surface area contributed by atoms with E-state index >= 15 is 0 Å². The SMILES string of the molecule is C=C1C[C@@]23CC[C@H]4[C@@](C)(CCC[C@@]4(C)C(=O)N[C@@H](C)C(=O)O)[C@@H]2CC[C@]1(O[C@@H]1O[C@H](CO)[C@@H](O)[C@H](O[C@@H]2O[C@H](CO)[C@@H](O)[C@H](O)[C@H]2O)[C@H]1O[C@@H]1O[C@H](CO)[C@@H](O)[C@H](O)[C@H]1O)C3. The molecule has 61 heavy (non-hydrogen) atoms. The molecule has 0 aromatic rings. The van der Waals surface area contributed by atoms with Crippen LogP contribution in [0.15, 0.2) is 12.2 Å². The Morgan fingerprint density at radius 1 is 0.721 bits per heavy atom. The molecule has 4 saturated carbocycles. The van der Waals surface area contributed by atoms with Crippen LogP contribution in [0.3, 0.4) is 0 Å². The van der Waals surface area contributed by atoms with Crippen LogP contribution in [0.25, 0.3) is 0 Å². The van der Waals surface area contributed by atoms with Crippen molar-refractivity contribution >= 4 is 11.9 Å². The Morgan fingerprint density at radius 3 is 1.80 bits per heavy atom. The standard InChI is InChI=1S/C41H65NO19/c1-17-12-40-10-6-22-38(3,8-5-9-39(22,4)37(55)42-18(2)33(53)54)23(40)7-11-41(17,16-40)61-36-32(60-35-30(52)28(50)25(47)20(14-44)57-35)31(26(48)21(15-45)58-36)59-34-29(51)27(49)24(46)19(13-43)56-34/h18-32,34-36,43-52H,1,5-16H2,2-4H3,(H,42,55)(H,53,54)/t18-,19+,20+,21+,22-,23-,24+,25+,26+,27-,28-,29+,30+,31-,32+,34-,35-,36-,38+,39+,40+,41-/m0/s1. The Labute approximate surface area is 353 Å². The minimum Gasteiger partial charge on any atom is -0.480 e. The van der Waals surface area contributed by atoms with Crippen LogP contribution >= 0.6 is 0 Å². The van der Waals surface area contributed by atoms with Gasteiger partial charge in [-0.15, -0.1) is 0 Å². The molecule has 4 aliphatic carbocycles. The lowest BCUT2D eigenvalue weighted by Crippen LogP contribution is -2.68. The summed E-state index contributed by atoms with van der Waals surface area (Å²) in [5.74, 6) is -1.28. The molecular formula is C41H65NO19. The number of carbonyl (C=O) groups excluding carboxylic acids is 1. The quantitative estimate of drug-likeness (QED) is 0.0693. The predicted molar refractivity (Wildman–Crippen MR) is 204 cm³/mol. The van der Waals surface area contributed by atoms with Crippen molar-refractivity contribution < 1.29 is 94.2 Å². The van der Waals surface area contributed by atoms with Gasteiger partial charge in [0.25, 0.3) is 0 Å². The summed E-state index contributed by atoms with van der Waals surface area (Å²) < 4.78 is 36.8. The number of rotatable bonds is 12. The number of ether oxygens (including phenoxy) is 6. The summed E-state index contributed by atoms with van der Waals surface area (Å²) in [6, 6.07) is -1.04. The smallest absolute Gasteiger partial charge is 0.325 e. The first-order valence-electron chi connectivity index (χ1n) is 21.5. The molecule has 0 aromatic carbocycles. The van der Waals surface area contributed by atoms with E-state index in [1.165, 1.54) is 6.92 Å². The van der Waals surface area contributed by atoms with Crippen molar-refractivity contribution in [3.05, 3.63) is 12.2 Å². The van der Waals surface area contributed by atoms with Crippen LogP contribution in [0.2, 0.25) is 0 Å². The predicted octanol–water partition coefficient (Wildman–Crippen LogP) is -2.87. The lowest BCUT2D eigenvalue weighted by molar-refractivity contribution is -0.400. The summed E-state index contributed by atoms with van der Waals surface area (Å²) in [6.07, 6.45) is -19.9. The molecule has 12 N–H and O–H groups in total. The highest BCUT2D eigenvalue weighted by Crippen LogP contribution is 2.73. The maximum atomic E-state index is 13.8. The fourth-order valence-corrected chi connectivity index (χ4v) is 12.5. The molecule has 348 valence electrons. The maximum Gasteiger partial charge on any atom is 0.325 e. The molecule has 3 aliphatic heterocycles. The summed E-state index contributed by atoms with van der Waals surface area (Å²) in [5, 5.41) is 118. The van der Waals surface area contributed by atoms with Gasteiger partial charge in [-0.25, -0.2) is 0 Å². The van der Waals surface area contributed by atoms with Crippen molar-refractivity contribution in [1.82, 2.24) is 5.32 Å². The second-order valence-electron chi connectivity index (χ2n) is 19.2. The number of carboxylic acids is 1. The van der Waals surface area contributed by atoms with Gasteiger partial charge >= 0.3 is 5.97 Å². The number of amides is 1. The first-order valence-corrected chi connectivity index (χ1v) is 21.5. The molecule has 20 heteroatoms. The van der Waals surface area contributed by atoms with Gasteiger partial charge in [0.15, 0.2) is 18.9 Å². The summed E-state index contributed by atoms with van der Waals surface area (Å²) >= 11 is 0. The van der Waals surface area contributed by atoms with E-state index in [1.807, 2.05) is 6.92 Å². The van der Waals surface area contributed by atoms with Crippen molar-refractivity contribution in [2.75, 3.05) is 19.8 Å². The van der Waals surface area contributed by atoms with E-state index in [0.29, 0.717) is 38.5 Å². The molecular weight excluding hydrogens is 810 g/mol. The van der Waals surface area contributed by atoms with Crippen molar-refractivity contribution in [3.8, 4) is 0 Å². The van der Waals surface area contributed by atoms with Gasteiger partial charge in [0.2, 0.25) is 5.91 Å². The maximum absolute atomic E-state index is 13.8. The number of aliphatic hydroxyl groups excluding tert-OH is 10. The zero-order valence-electron chi connectivity index (χ0n) is 34.8. The number of aliphatic carboxylic acids is 1. The number of hydrogen-bond acceptors (Lipinski definition) is 18. The lowest BCUT2D eigenvalue weighted by atomic mass is 9.40. The first kappa shape index (κ1) is 47.0. The van der Waals surface area contributed by atoms with E-state index in [9.17, 15) is 65.8 Å². The molecule has 1 spiro atoms. The minimum atomic E-state index is -1.93. The second-order valence-corrected chi connectivity index (χ2v) is 19.2. The van der Waals surface area contributed by atoms with Crippen LogP contribution in [-0.4, -0.2) is 192 Å². The lowest BCUT2D eigenvalue weighted by Gasteiger charge is -2.64. The van der Waals surface area contributed by atoms with Gasteiger partial charge in [-0.05, 0) is 86.5 Å². The van der Waals surface area contributed by atoms with Gasteiger partial charge < -0.3 is 89.9 Å².